The Morgan fingerprint density at radius 1 is 1.00 bits per heavy atom. The Balaban J connectivity index is 1.89. The largest absolute Gasteiger partial charge is 0.488 e. The van der Waals surface area contributed by atoms with Crippen LogP contribution in [0.3, 0.4) is 0 Å². The van der Waals surface area contributed by atoms with Crippen molar-refractivity contribution in [3.63, 3.8) is 0 Å². The van der Waals surface area contributed by atoms with E-state index < -0.39 is 9.85 Å². The van der Waals surface area contributed by atoms with E-state index in [1.165, 1.54) is 36.4 Å². The molecule has 0 saturated heterocycles. The first-order chi connectivity index (χ1) is 14.9. The fraction of sp³-hybridized carbons (Fsp3) is 0.0455. The van der Waals surface area contributed by atoms with E-state index in [0.717, 1.165) is 4.47 Å². The maximum Gasteiger partial charge on any atom is 0.269 e. The Hall–Kier alpha value is -4.03. The SMILES string of the molecule is N#C/C(=C/c1cc(Br)ccc1OCc1cccc([N+](=O)[O-])c1)c1ccc([N+](=O)[O-])cc1. The van der Waals surface area contributed by atoms with Gasteiger partial charge in [-0.15, -0.1) is 0 Å². The van der Waals surface area contributed by atoms with Gasteiger partial charge >= 0.3 is 0 Å². The van der Waals surface area contributed by atoms with E-state index in [1.54, 1.807) is 36.4 Å². The van der Waals surface area contributed by atoms with Gasteiger partial charge in [-0.25, -0.2) is 0 Å². The lowest BCUT2D eigenvalue weighted by molar-refractivity contribution is -0.385. The molecule has 0 spiro atoms. The first-order valence-corrected chi connectivity index (χ1v) is 9.69. The summed E-state index contributed by atoms with van der Waals surface area (Å²) in [5, 5.41) is 31.4. The van der Waals surface area contributed by atoms with E-state index >= 15 is 0 Å². The minimum absolute atomic E-state index is 0.0260. The number of nitro benzene ring substituents is 2. The van der Waals surface area contributed by atoms with E-state index in [1.807, 2.05) is 0 Å². The number of hydrogen-bond acceptors (Lipinski definition) is 6. The number of non-ortho nitro benzene ring substituents is 2. The maximum absolute atomic E-state index is 11.0. The molecule has 0 heterocycles. The summed E-state index contributed by atoms with van der Waals surface area (Å²) in [5.74, 6) is 0.476. The van der Waals surface area contributed by atoms with Gasteiger partial charge in [0.15, 0.2) is 0 Å². The topological polar surface area (TPSA) is 119 Å². The number of ether oxygens (including phenoxy) is 1. The third-order valence-electron chi connectivity index (χ3n) is 4.30. The Morgan fingerprint density at radius 3 is 2.35 bits per heavy atom. The van der Waals surface area contributed by atoms with Crippen LogP contribution in [-0.2, 0) is 6.61 Å². The molecule has 0 bridgehead atoms. The second kappa shape index (κ2) is 9.65. The van der Waals surface area contributed by atoms with Gasteiger partial charge in [0.2, 0.25) is 0 Å². The molecular weight excluding hydrogens is 466 g/mol. The molecule has 0 aliphatic carbocycles. The van der Waals surface area contributed by atoms with Crippen LogP contribution in [0.1, 0.15) is 16.7 Å². The highest BCUT2D eigenvalue weighted by molar-refractivity contribution is 9.10. The number of halogens is 1. The molecule has 0 saturated carbocycles. The number of hydrogen-bond donors (Lipinski definition) is 0. The summed E-state index contributed by atoms with van der Waals surface area (Å²) in [5.41, 5.74) is 1.97. The Labute approximate surface area is 185 Å². The number of allylic oxidation sites excluding steroid dienone is 1. The highest BCUT2D eigenvalue weighted by atomic mass is 79.9. The highest BCUT2D eigenvalue weighted by Gasteiger charge is 2.11. The molecule has 0 atom stereocenters. The monoisotopic (exact) mass is 479 g/mol. The van der Waals surface area contributed by atoms with Gasteiger partial charge in [0, 0.05) is 34.3 Å². The van der Waals surface area contributed by atoms with E-state index in [4.69, 9.17) is 4.74 Å². The Kier molecular flexibility index (Phi) is 6.74. The normalized spacial score (nSPS) is 10.9. The summed E-state index contributed by atoms with van der Waals surface area (Å²) >= 11 is 3.39. The molecule has 0 aromatic heterocycles. The number of rotatable bonds is 7. The van der Waals surface area contributed by atoms with Gasteiger partial charge in [0.05, 0.1) is 21.5 Å². The van der Waals surface area contributed by atoms with Crippen LogP contribution in [0.2, 0.25) is 0 Å². The molecule has 0 radical (unpaired) electrons. The fourth-order valence-electron chi connectivity index (χ4n) is 2.78. The standard InChI is InChI=1S/C22H14BrN3O5/c23-19-6-9-22(31-14-15-2-1-3-21(10-15)26(29)30)17(12-19)11-18(13-24)16-4-7-20(8-5-16)25(27)28/h1-12H,14H2/b18-11-. The molecule has 0 aliphatic rings. The maximum atomic E-state index is 11.0. The van der Waals surface area contributed by atoms with Crippen molar-refractivity contribution in [3.05, 3.63) is 108 Å². The number of benzene rings is 3. The van der Waals surface area contributed by atoms with Crippen LogP contribution >= 0.6 is 15.9 Å². The Bertz CT molecular complexity index is 1220. The van der Waals surface area contributed by atoms with Crippen molar-refractivity contribution in [1.82, 2.24) is 0 Å². The van der Waals surface area contributed by atoms with Crippen LogP contribution in [0.15, 0.2) is 71.2 Å². The quantitative estimate of drug-likeness (QED) is 0.180. The molecule has 31 heavy (non-hydrogen) atoms. The lowest BCUT2D eigenvalue weighted by Gasteiger charge is -2.11. The number of nitriles is 1. The molecule has 0 aliphatic heterocycles. The predicted octanol–water partition coefficient (Wildman–Crippen LogP) is 5.91. The first kappa shape index (κ1) is 21.7. The van der Waals surface area contributed by atoms with Crippen molar-refractivity contribution in [2.75, 3.05) is 0 Å². The summed E-state index contributed by atoms with van der Waals surface area (Å²) in [6.45, 7) is 0.101. The van der Waals surface area contributed by atoms with Gasteiger partial charge in [-0.1, -0.05) is 28.1 Å². The average molecular weight is 480 g/mol. The van der Waals surface area contributed by atoms with Gasteiger partial charge in [-0.05, 0) is 47.5 Å². The molecule has 0 unspecified atom stereocenters. The third kappa shape index (κ3) is 5.52. The van der Waals surface area contributed by atoms with Crippen LogP contribution < -0.4 is 4.74 Å². The molecule has 0 amide bonds. The third-order valence-corrected chi connectivity index (χ3v) is 4.79. The molecule has 154 valence electrons. The summed E-state index contributed by atoms with van der Waals surface area (Å²) in [7, 11) is 0. The number of nitro groups is 2. The summed E-state index contributed by atoms with van der Waals surface area (Å²) < 4.78 is 6.62. The van der Waals surface area contributed by atoms with Gasteiger partial charge in [-0.3, -0.25) is 20.2 Å². The van der Waals surface area contributed by atoms with E-state index in [0.29, 0.717) is 28.0 Å². The van der Waals surface area contributed by atoms with Crippen LogP contribution in [0.4, 0.5) is 11.4 Å². The van der Waals surface area contributed by atoms with Gasteiger partial charge in [-0.2, -0.15) is 5.26 Å². The molecular formula is C22H14BrN3O5. The molecule has 9 heteroatoms. The minimum atomic E-state index is -0.506. The summed E-state index contributed by atoms with van der Waals surface area (Å²) in [6.07, 6.45) is 1.62. The first-order valence-electron chi connectivity index (χ1n) is 8.89. The van der Waals surface area contributed by atoms with Crippen LogP contribution in [0.5, 0.6) is 5.75 Å². The number of nitrogens with zero attached hydrogens (tertiary/aromatic N) is 3. The second-order valence-electron chi connectivity index (χ2n) is 6.37. The Morgan fingerprint density at radius 2 is 1.71 bits per heavy atom. The lowest BCUT2D eigenvalue weighted by atomic mass is 10.0. The van der Waals surface area contributed by atoms with E-state index in [-0.39, 0.29) is 18.0 Å². The zero-order valence-corrected chi connectivity index (χ0v) is 17.5. The van der Waals surface area contributed by atoms with Crippen molar-refractivity contribution in [3.8, 4) is 11.8 Å². The molecule has 3 aromatic rings. The van der Waals surface area contributed by atoms with Crippen LogP contribution in [0.25, 0.3) is 11.6 Å². The van der Waals surface area contributed by atoms with Crippen molar-refractivity contribution in [2.24, 2.45) is 0 Å². The zero-order valence-electron chi connectivity index (χ0n) is 15.9. The summed E-state index contributed by atoms with van der Waals surface area (Å²) in [6, 6.07) is 19.2. The lowest BCUT2D eigenvalue weighted by Crippen LogP contribution is -1.98. The van der Waals surface area contributed by atoms with Crippen molar-refractivity contribution in [2.45, 2.75) is 6.61 Å². The summed E-state index contributed by atoms with van der Waals surface area (Å²) in [4.78, 5) is 20.8. The fourth-order valence-corrected chi connectivity index (χ4v) is 3.16. The molecule has 0 N–H and O–H groups in total. The predicted molar refractivity (Wildman–Crippen MR) is 118 cm³/mol. The van der Waals surface area contributed by atoms with Crippen molar-refractivity contribution >= 4 is 39.0 Å². The molecule has 8 nitrogen and oxygen atoms in total. The average Bonchev–Trinajstić information content (AvgIpc) is 2.77. The van der Waals surface area contributed by atoms with Crippen molar-refractivity contribution < 1.29 is 14.6 Å². The molecule has 3 rings (SSSR count). The zero-order chi connectivity index (χ0) is 22.4. The molecule has 0 fully saturated rings. The van der Waals surface area contributed by atoms with Crippen LogP contribution in [0, 0.1) is 31.6 Å². The van der Waals surface area contributed by atoms with Gasteiger partial charge in [0.1, 0.15) is 12.4 Å². The van der Waals surface area contributed by atoms with E-state index in [9.17, 15) is 25.5 Å². The highest BCUT2D eigenvalue weighted by Crippen LogP contribution is 2.29. The van der Waals surface area contributed by atoms with Crippen molar-refractivity contribution in [1.29, 1.82) is 5.26 Å². The van der Waals surface area contributed by atoms with Gasteiger partial charge in [0.25, 0.3) is 11.4 Å². The van der Waals surface area contributed by atoms with E-state index in [2.05, 4.69) is 22.0 Å². The van der Waals surface area contributed by atoms with Crippen LogP contribution in [-0.4, -0.2) is 9.85 Å². The second-order valence-corrected chi connectivity index (χ2v) is 7.29. The minimum Gasteiger partial charge on any atom is -0.488 e. The molecule has 3 aromatic carbocycles. The van der Waals surface area contributed by atoms with Gasteiger partial charge < -0.3 is 4.74 Å². The smallest absolute Gasteiger partial charge is 0.269 e.